The second-order valence-electron chi connectivity index (χ2n) is 7.45. The topological polar surface area (TPSA) is 70.1 Å². The fourth-order valence-electron chi connectivity index (χ4n) is 4.15. The van der Waals surface area contributed by atoms with Crippen molar-refractivity contribution in [2.75, 3.05) is 6.54 Å². The van der Waals surface area contributed by atoms with Crippen LogP contribution >= 0.6 is 0 Å². The van der Waals surface area contributed by atoms with Crippen LogP contribution in [0.25, 0.3) is 0 Å². The number of carbonyl (C=O) groups is 1. The largest absolute Gasteiger partial charge is 0.368 e. The minimum atomic E-state index is -0.221. The maximum atomic E-state index is 11.7. The van der Waals surface area contributed by atoms with Gasteiger partial charge in [0.15, 0.2) is 0 Å². The molecule has 1 saturated carbocycles. The summed E-state index contributed by atoms with van der Waals surface area (Å²) >= 11 is 0. The number of carbonyl (C=O) groups excluding carboxylic acids is 1. The van der Waals surface area contributed by atoms with E-state index >= 15 is 0 Å². The number of nitrogens with zero attached hydrogens (tertiary/aromatic N) is 2. The predicted molar refractivity (Wildman–Crippen MR) is 83.2 cm³/mol. The summed E-state index contributed by atoms with van der Waals surface area (Å²) in [5, 5.41) is 9.50. The van der Waals surface area contributed by atoms with Crippen molar-refractivity contribution in [3.05, 3.63) is 0 Å². The molecule has 1 saturated heterocycles. The van der Waals surface area contributed by atoms with Gasteiger partial charge in [-0.1, -0.05) is 27.2 Å². The Morgan fingerprint density at radius 1 is 1.38 bits per heavy atom. The van der Waals surface area contributed by atoms with Gasteiger partial charge in [-0.3, -0.25) is 9.69 Å². The molecule has 4 heteroatoms. The van der Waals surface area contributed by atoms with Crippen LogP contribution in [0, 0.1) is 28.6 Å². The highest BCUT2D eigenvalue weighted by Gasteiger charge is 2.43. The summed E-state index contributed by atoms with van der Waals surface area (Å²) in [6.07, 6.45) is 6.14. The lowest BCUT2D eigenvalue weighted by Gasteiger charge is -2.45. The Kier molecular flexibility index (Phi) is 4.93. The number of amides is 1. The van der Waals surface area contributed by atoms with E-state index in [1.807, 2.05) is 0 Å². The molecule has 118 valence electrons. The van der Waals surface area contributed by atoms with Crippen LogP contribution in [0.4, 0.5) is 0 Å². The van der Waals surface area contributed by atoms with E-state index in [9.17, 15) is 10.1 Å². The zero-order valence-corrected chi connectivity index (χ0v) is 13.6. The summed E-state index contributed by atoms with van der Waals surface area (Å²) in [5.74, 6) is 0.459. The third-order valence-corrected chi connectivity index (χ3v) is 6.05. The zero-order chi connectivity index (χ0) is 15.6. The van der Waals surface area contributed by atoms with E-state index in [1.54, 1.807) is 0 Å². The molecule has 0 aromatic carbocycles. The number of rotatable bonds is 4. The SMILES string of the molecule is CCC(C)(C)C1CCC(C#N)C(N2CCCC2C(N)=O)C1. The molecule has 1 aliphatic heterocycles. The van der Waals surface area contributed by atoms with Gasteiger partial charge in [0.25, 0.3) is 0 Å². The summed E-state index contributed by atoms with van der Waals surface area (Å²) in [4.78, 5) is 13.9. The number of primary amides is 1. The third kappa shape index (κ3) is 3.23. The second kappa shape index (κ2) is 6.36. The third-order valence-electron chi connectivity index (χ3n) is 6.05. The van der Waals surface area contributed by atoms with Crippen LogP contribution in [0.1, 0.15) is 59.3 Å². The van der Waals surface area contributed by atoms with E-state index in [0.29, 0.717) is 11.3 Å². The Bertz CT molecular complexity index is 426. The minimum absolute atomic E-state index is 0.0499. The number of hydrogen-bond acceptors (Lipinski definition) is 3. The first kappa shape index (κ1) is 16.3. The van der Waals surface area contributed by atoms with Gasteiger partial charge in [0, 0.05) is 6.04 Å². The first-order valence-corrected chi connectivity index (χ1v) is 8.35. The molecule has 2 rings (SSSR count). The van der Waals surface area contributed by atoms with Crippen molar-refractivity contribution in [1.29, 1.82) is 5.26 Å². The highest BCUT2D eigenvalue weighted by molar-refractivity contribution is 5.80. The van der Waals surface area contributed by atoms with Crippen LogP contribution in [-0.4, -0.2) is 29.4 Å². The molecule has 1 heterocycles. The number of likely N-dealkylation sites (tertiary alicyclic amines) is 1. The number of hydrogen-bond donors (Lipinski definition) is 1. The van der Waals surface area contributed by atoms with Gasteiger partial charge in [-0.05, 0) is 50.0 Å². The Morgan fingerprint density at radius 3 is 2.67 bits per heavy atom. The van der Waals surface area contributed by atoms with Crippen molar-refractivity contribution in [2.24, 2.45) is 23.0 Å². The lowest BCUT2D eigenvalue weighted by molar-refractivity contribution is -0.123. The Morgan fingerprint density at radius 2 is 2.10 bits per heavy atom. The highest BCUT2D eigenvalue weighted by atomic mass is 16.1. The molecular formula is C17H29N3O. The molecule has 0 bridgehead atoms. The van der Waals surface area contributed by atoms with Crippen LogP contribution in [0.15, 0.2) is 0 Å². The molecule has 2 aliphatic rings. The lowest BCUT2D eigenvalue weighted by Crippen LogP contribution is -2.51. The van der Waals surface area contributed by atoms with E-state index < -0.39 is 0 Å². The quantitative estimate of drug-likeness (QED) is 0.865. The van der Waals surface area contributed by atoms with Crippen molar-refractivity contribution in [2.45, 2.75) is 71.4 Å². The van der Waals surface area contributed by atoms with Gasteiger partial charge >= 0.3 is 0 Å². The molecule has 1 amide bonds. The molecule has 4 nitrogen and oxygen atoms in total. The van der Waals surface area contributed by atoms with Gasteiger partial charge in [0.1, 0.15) is 0 Å². The van der Waals surface area contributed by atoms with E-state index in [0.717, 1.165) is 45.1 Å². The average Bonchev–Trinajstić information content (AvgIpc) is 2.96. The lowest BCUT2D eigenvalue weighted by atomic mass is 9.66. The van der Waals surface area contributed by atoms with Gasteiger partial charge in [-0.2, -0.15) is 5.26 Å². The predicted octanol–water partition coefficient (Wildman–Crippen LogP) is 2.68. The van der Waals surface area contributed by atoms with Crippen molar-refractivity contribution in [1.82, 2.24) is 4.90 Å². The normalized spacial score (nSPS) is 34.6. The van der Waals surface area contributed by atoms with Gasteiger partial charge < -0.3 is 5.73 Å². The molecule has 2 N–H and O–H groups in total. The summed E-state index contributed by atoms with van der Waals surface area (Å²) < 4.78 is 0. The van der Waals surface area contributed by atoms with Crippen LogP contribution in [0.2, 0.25) is 0 Å². The van der Waals surface area contributed by atoms with E-state index in [4.69, 9.17) is 5.73 Å². The molecule has 0 aromatic heterocycles. The fraction of sp³-hybridized carbons (Fsp3) is 0.882. The van der Waals surface area contributed by atoms with E-state index in [2.05, 4.69) is 31.7 Å². The molecular weight excluding hydrogens is 262 g/mol. The first-order chi connectivity index (χ1) is 9.90. The summed E-state index contributed by atoms with van der Waals surface area (Å²) in [5.41, 5.74) is 5.87. The molecule has 4 atom stereocenters. The monoisotopic (exact) mass is 291 g/mol. The van der Waals surface area contributed by atoms with E-state index in [-0.39, 0.29) is 23.9 Å². The van der Waals surface area contributed by atoms with E-state index in [1.165, 1.54) is 0 Å². The van der Waals surface area contributed by atoms with Gasteiger partial charge in [-0.15, -0.1) is 0 Å². The van der Waals surface area contributed by atoms with Crippen molar-refractivity contribution in [3.63, 3.8) is 0 Å². The van der Waals surface area contributed by atoms with Crippen LogP contribution in [0.5, 0.6) is 0 Å². The molecule has 1 aliphatic carbocycles. The Hall–Kier alpha value is -1.08. The average molecular weight is 291 g/mol. The number of nitriles is 1. The van der Waals surface area contributed by atoms with Crippen molar-refractivity contribution >= 4 is 5.91 Å². The number of nitrogens with two attached hydrogens (primary N) is 1. The van der Waals surface area contributed by atoms with Gasteiger partial charge in [0.05, 0.1) is 18.0 Å². The second-order valence-corrected chi connectivity index (χ2v) is 7.45. The Labute approximate surface area is 128 Å². The van der Waals surface area contributed by atoms with Gasteiger partial charge in [0.2, 0.25) is 5.91 Å². The van der Waals surface area contributed by atoms with Gasteiger partial charge in [-0.25, -0.2) is 0 Å². The Balaban J connectivity index is 2.18. The van der Waals surface area contributed by atoms with Crippen molar-refractivity contribution < 1.29 is 4.79 Å². The molecule has 0 radical (unpaired) electrons. The molecule has 4 unspecified atom stereocenters. The molecule has 21 heavy (non-hydrogen) atoms. The smallest absolute Gasteiger partial charge is 0.234 e. The van der Waals surface area contributed by atoms with Crippen LogP contribution < -0.4 is 5.73 Å². The summed E-state index contributed by atoms with van der Waals surface area (Å²) in [7, 11) is 0. The van der Waals surface area contributed by atoms with Crippen LogP contribution in [-0.2, 0) is 4.79 Å². The zero-order valence-electron chi connectivity index (χ0n) is 13.6. The highest BCUT2D eigenvalue weighted by Crippen LogP contribution is 2.44. The maximum absolute atomic E-state index is 11.7. The van der Waals surface area contributed by atoms with Crippen molar-refractivity contribution in [3.8, 4) is 6.07 Å². The maximum Gasteiger partial charge on any atom is 0.234 e. The molecule has 0 aromatic rings. The first-order valence-electron chi connectivity index (χ1n) is 8.35. The summed E-state index contributed by atoms with van der Waals surface area (Å²) in [6.45, 7) is 7.82. The standard InChI is InChI=1S/C17H29N3O/c1-4-17(2,3)13-8-7-12(11-18)15(10-13)20-9-5-6-14(20)16(19)21/h12-15H,4-10H2,1-3H3,(H2,19,21). The molecule has 2 fully saturated rings. The minimum Gasteiger partial charge on any atom is -0.368 e. The van der Waals surface area contributed by atoms with Crippen LogP contribution in [0.3, 0.4) is 0 Å². The molecule has 0 spiro atoms. The fourth-order valence-corrected chi connectivity index (χ4v) is 4.15. The summed E-state index contributed by atoms with van der Waals surface area (Å²) in [6, 6.07) is 2.54.